The van der Waals surface area contributed by atoms with Crippen LogP contribution in [0.15, 0.2) is 83.8 Å². The van der Waals surface area contributed by atoms with E-state index >= 15 is 0 Å². The Balaban J connectivity index is 1.65. The molecule has 0 radical (unpaired) electrons. The van der Waals surface area contributed by atoms with Gasteiger partial charge in [0.15, 0.2) is 0 Å². The van der Waals surface area contributed by atoms with Crippen LogP contribution >= 0.6 is 11.8 Å². The molecule has 0 aliphatic carbocycles. The summed E-state index contributed by atoms with van der Waals surface area (Å²) < 4.78 is 42.0. The Hall–Kier alpha value is -2.84. The van der Waals surface area contributed by atoms with Crippen molar-refractivity contribution in [3.63, 3.8) is 0 Å². The van der Waals surface area contributed by atoms with E-state index in [9.17, 15) is 17.6 Å². The Morgan fingerprint density at radius 1 is 0.966 bits per heavy atom. The first kappa shape index (κ1) is 19.5. The molecule has 1 N–H and O–H groups in total. The van der Waals surface area contributed by atoms with E-state index in [4.69, 9.17) is 0 Å². The number of anilines is 2. The van der Waals surface area contributed by atoms with Crippen molar-refractivity contribution >= 4 is 39.1 Å². The number of carbonyl (C=O) groups is 1. The van der Waals surface area contributed by atoms with E-state index in [1.54, 1.807) is 60.7 Å². The number of rotatable bonds is 5. The van der Waals surface area contributed by atoms with Crippen LogP contribution in [0.25, 0.3) is 0 Å². The number of thioether (sulfide) groups is 1. The average Bonchev–Trinajstić information content (AvgIpc) is 3.10. The van der Waals surface area contributed by atoms with E-state index in [1.807, 2.05) is 0 Å². The van der Waals surface area contributed by atoms with Crippen LogP contribution in [-0.2, 0) is 14.8 Å². The van der Waals surface area contributed by atoms with Crippen LogP contribution in [0.3, 0.4) is 0 Å². The Morgan fingerprint density at radius 2 is 1.69 bits per heavy atom. The van der Waals surface area contributed by atoms with Crippen LogP contribution in [0.1, 0.15) is 10.9 Å². The summed E-state index contributed by atoms with van der Waals surface area (Å²) >= 11 is 1.37. The molecule has 1 heterocycles. The van der Waals surface area contributed by atoms with Gasteiger partial charge in [0.2, 0.25) is 5.91 Å². The predicted octanol–water partition coefficient (Wildman–Crippen LogP) is 4.41. The third-order valence-corrected chi connectivity index (χ3v) is 7.07. The quantitative estimate of drug-likeness (QED) is 0.654. The zero-order valence-electron chi connectivity index (χ0n) is 15.2. The molecule has 148 valence electrons. The molecule has 29 heavy (non-hydrogen) atoms. The molecule has 0 saturated carbocycles. The van der Waals surface area contributed by atoms with E-state index in [0.717, 1.165) is 0 Å². The van der Waals surface area contributed by atoms with Crippen molar-refractivity contribution in [1.29, 1.82) is 0 Å². The molecule has 0 unspecified atom stereocenters. The van der Waals surface area contributed by atoms with Gasteiger partial charge >= 0.3 is 0 Å². The second kappa shape index (κ2) is 7.88. The van der Waals surface area contributed by atoms with Gasteiger partial charge in [-0.1, -0.05) is 42.5 Å². The molecule has 8 heteroatoms. The molecule has 1 atom stereocenters. The molecular weight excluding hydrogens is 411 g/mol. The molecule has 1 aliphatic heterocycles. The lowest BCUT2D eigenvalue weighted by Gasteiger charge is -2.25. The first-order valence-corrected chi connectivity index (χ1v) is 11.3. The molecule has 1 amide bonds. The molecule has 1 fully saturated rings. The van der Waals surface area contributed by atoms with E-state index in [-0.39, 0.29) is 22.2 Å². The number of halogens is 1. The van der Waals surface area contributed by atoms with Crippen molar-refractivity contribution in [3.05, 3.63) is 90.2 Å². The third kappa shape index (κ3) is 3.99. The Kier molecular flexibility index (Phi) is 5.29. The minimum atomic E-state index is -3.73. The lowest BCUT2D eigenvalue weighted by atomic mass is 10.1. The Labute approximate surface area is 172 Å². The van der Waals surface area contributed by atoms with Gasteiger partial charge < -0.3 is 0 Å². The van der Waals surface area contributed by atoms with Crippen LogP contribution in [0.5, 0.6) is 0 Å². The third-order valence-electron chi connectivity index (χ3n) is 4.46. The van der Waals surface area contributed by atoms with Gasteiger partial charge in [-0.3, -0.25) is 14.4 Å². The topological polar surface area (TPSA) is 66.5 Å². The molecule has 3 aromatic carbocycles. The van der Waals surface area contributed by atoms with Gasteiger partial charge in [-0.15, -0.1) is 11.8 Å². The van der Waals surface area contributed by atoms with Crippen molar-refractivity contribution < 1.29 is 17.6 Å². The maximum atomic E-state index is 14.3. The summed E-state index contributed by atoms with van der Waals surface area (Å²) in [7, 11) is -3.73. The average molecular weight is 429 g/mol. The fourth-order valence-electron chi connectivity index (χ4n) is 3.15. The lowest BCUT2D eigenvalue weighted by Crippen LogP contribution is -2.28. The summed E-state index contributed by atoms with van der Waals surface area (Å²) in [5.74, 6) is -0.450. The minimum absolute atomic E-state index is 0.156. The number of benzene rings is 3. The van der Waals surface area contributed by atoms with Crippen molar-refractivity contribution in [3.8, 4) is 0 Å². The Morgan fingerprint density at radius 3 is 2.45 bits per heavy atom. The smallest absolute Gasteiger partial charge is 0.261 e. The largest absolute Gasteiger partial charge is 0.292 e. The van der Waals surface area contributed by atoms with Crippen LogP contribution in [0, 0.1) is 5.82 Å². The van der Waals surface area contributed by atoms with E-state index in [2.05, 4.69) is 4.72 Å². The summed E-state index contributed by atoms with van der Waals surface area (Å²) in [6.45, 7) is 0. The zero-order chi connectivity index (χ0) is 20.4. The number of nitrogens with one attached hydrogen (secondary N) is 1. The first-order chi connectivity index (χ1) is 14.0. The minimum Gasteiger partial charge on any atom is -0.292 e. The number of hydrogen-bond donors (Lipinski definition) is 1. The van der Waals surface area contributed by atoms with E-state index in [0.29, 0.717) is 11.3 Å². The van der Waals surface area contributed by atoms with Gasteiger partial charge in [0, 0.05) is 5.69 Å². The maximum absolute atomic E-state index is 14.3. The van der Waals surface area contributed by atoms with Crippen molar-refractivity contribution in [2.75, 3.05) is 15.4 Å². The van der Waals surface area contributed by atoms with Crippen LogP contribution in [0.2, 0.25) is 0 Å². The number of hydrogen-bond acceptors (Lipinski definition) is 4. The summed E-state index contributed by atoms with van der Waals surface area (Å²) in [6, 6.07) is 21.0. The molecule has 0 aromatic heterocycles. The van der Waals surface area contributed by atoms with Crippen molar-refractivity contribution in [2.24, 2.45) is 0 Å². The van der Waals surface area contributed by atoms with E-state index < -0.39 is 21.2 Å². The number of nitrogens with zero attached hydrogens (tertiary/aromatic N) is 1. The number of amides is 1. The maximum Gasteiger partial charge on any atom is 0.261 e. The molecule has 3 aromatic rings. The van der Waals surface area contributed by atoms with Crippen LogP contribution in [0.4, 0.5) is 15.8 Å². The van der Waals surface area contributed by atoms with Gasteiger partial charge in [-0.2, -0.15) is 0 Å². The van der Waals surface area contributed by atoms with Gasteiger partial charge in [-0.05, 0) is 42.0 Å². The fourth-order valence-corrected chi connectivity index (χ4v) is 5.38. The monoisotopic (exact) mass is 428 g/mol. The second-order valence-corrected chi connectivity index (χ2v) is 9.17. The van der Waals surface area contributed by atoms with Gasteiger partial charge in [0.05, 0.1) is 16.3 Å². The number of carbonyl (C=O) groups excluding carboxylic acids is 1. The highest BCUT2D eigenvalue weighted by molar-refractivity contribution is 8.00. The summed E-state index contributed by atoms with van der Waals surface area (Å²) in [5, 5.41) is -0.444. The lowest BCUT2D eigenvalue weighted by molar-refractivity contribution is -0.115. The molecular formula is C21H17FN2O3S2. The number of para-hydroxylation sites is 1. The normalized spacial score (nSPS) is 16.8. The van der Waals surface area contributed by atoms with Gasteiger partial charge in [0.25, 0.3) is 10.0 Å². The summed E-state index contributed by atoms with van der Waals surface area (Å²) in [6.07, 6.45) is 0. The SMILES string of the molecule is O=C1CS[C@@H](c2cccc(NS(=O)(=O)c3ccccc3)c2)N1c1ccccc1F. The summed E-state index contributed by atoms with van der Waals surface area (Å²) in [4.78, 5) is 14.0. The second-order valence-electron chi connectivity index (χ2n) is 6.42. The molecule has 0 bridgehead atoms. The standard InChI is InChI=1S/C21H17FN2O3S2/c22-18-11-4-5-12-19(18)24-20(25)14-28-21(24)15-7-6-8-16(13-15)23-29(26,27)17-9-2-1-3-10-17/h1-13,21,23H,14H2/t21-/m0/s1. The van der Waals surface area contributed by atoms with Gasteiger partial charge in [0.1, 0.15) is 11.2 Å². The highest BCUT2D eigenvalue weighted by Gasteiger charge is 2.35. The molecule has 5 nitrogen and oxygen atoms in total. The molecule has 4 rings (SSSR count). The zero-order valence-corrected chi connectivity index (χ0v) is 16.8. The number of sulfonamides is 1. The molecule has 1 saturated heterocycles. The first-order valence-electron chi connectivity index (χ1n) is 8.82. The van der Waals surface area contributed by atoms with E-state index in [1.165, 1.54) is 34.9 Å². The highest BCUT2D eigenvalue weighted by Crippen LogP contribution is 2.43. The van der Waals surface area contributed by atoms with Crippen molar-refractivity contribution in [2.45, 2.75) is 10.3 Å². The van der Waals surface area contributed by atoms with Gasteiger partial charge in [-0.25, -0.2) is 12.8 Å². The Bertz CT molecular complexity index is 1150. The fraction of sp³-hybridized carbons (Fsp3) is 0.0952. The molecule has 0 spiro atoms. The summed E-state index contributed by atoms with van der Waals surface area (Å²) in [5.41, 5.74) is 1.29. The van der Waals surface area contributed by atoms with Crippen LogP contribution < -0.4 is 9.62 Å². The van der Waals surface area contributed by atoms with Crippen molar-refractivity contribution in [1.82, 2.24) is 0 Å². The molecule has 1 aliphatic rings. The van der Waals surface area contributed by atoms with Crippen LogP contribution in [-0.4, -0.2) is 20.1 Å². The highest BCUT2D eigenvalue weighted by atomic mass is 32.2. The predicted molar refractivity (Wildman–Crippen MR) is 113 cm³/mol.